The zero-order chi connectivity index (χ0) is 8.98. The van der Waals surface area contributed by atoms with E-state index in [1.54, 1.807) is 0 Å². The fourth-order valence-electron chi connectivity index (χ4n) is 3.23. The van der Waals surface area contributed by atoms with Crippen LogP contribution in [0.4, 0.5) is 0 Å². The maximum atomic E-state index is 10.9. The van der Waals surface area contributed by atoms with E-state index < -0.39 is 0 Å². The van der Waals surface area contributed by atoms with Gasteiger partial charge in [0.2, 0.25) is 0 Å². The van der Waals surface area contributed by atoms with Gasteiger partial charge in [-0.25, -0.2) is 0 Å². The Morgan fingerprint density at radius 1 is 1.25 bits per heavy atom. The van der Waals surface area contributed by atoms with Crippen molar-refractivity contribution in [3.63, 3.8) is 0 Å². The van der Waals surface area contributed by atoms with Crippen LogP contribution >= 0.6 is 0 Å². The van der Waals surface area contributed by atoms with E-state index in [4.69, 9.17) is 0 Å². The summed E-state index contributed by atoms with van der Waals surface area (Å²) in [6, 6.07) is 0. The Balaban J connectivity index is 2.28. The molecule has 0 aromatic heterocycles. The normalized spacial score (nSPS) is 49.6. The largest absolute Gasteiger partial charge is 0.303 e. The summed E-state index contributed by atoms with van der Waals surface area (Å²) in [6.07, 6.45) is 5.03. The van der Waals surface area contributed by atoms with Crippen LogP contribution in [0, 0.1) is 22.7 Å². The van der Waals surface area contributed by atoms with Crippen LogP contribution in [-0.4, -0.2) is 6.29 Å². The Morgan fingerprint density at radius 2 is 1.83 bits per heavy atom. The van der Waals surface area contributed by atoms with Crippen molar-refractivity contribution in [2.24, 2.45) is 22.7 Å². The van der Waals surface area contributed by atoms with Crippen molar-refractivity contribution in [3.05, 3.63) is 0 Å². The number of aldehydes is 1. The zero-order valence-corrected chi connectivity index (χ0v) is 8.26. The van der Waals surface area contributed by atoms with Crippen LogP contribution in [0.5, 0.6) is 0 Å². The maximum Gasteiger partial charge on any atom is 0.123 e. The molecule has 3 rings (SSSR count). The molecule has 0 N–H and O–H groups in total. The van der Waals surface area contributed by atoms with Gasteiger partial charge in [-0.1, -0.05) is 20.8 Å². The van der Waals surface area contributed by atoms with Crippen molar-refractivity contribution in [3.8, 4) is 0 Å². The lowest BCUT2D eigenvalue weighted by Gasteiger charge is -2.63. The SMILES string of the molecule is CC12CC(CC(C=O)C1(C)C)C2. The molecule has 2 bridgehead atoms. The number of hydrogen-bond acceptors (Lipinski definition) is 1. The highest BCUT2D eigenvalue weighted by Crippen LogP contribution is 2.65. The molecule has 0 amide bonds. The summed E-state index contributed by atoms with van der Waals surface area (Å²) in [5.74, 6) is 1.17. The average molecular weight is 166 g/mol. The highest BCUT2D eigenvalue weighted by molar-refractivity contribution is 5.56. The lowest BCUT2D eigenvalue weighted by Crippen LogP contribution is -2.56. The number of fused-ring (bicyclic) bond motifs is 2. The van der Waals surface area contributed by atoms with Crippen molar-refractivity contribution in [1.82, 2.24) is 0 Å². The predicted octanol–water partition coefficient (Wildman–Crippen LogP) is 2.65. The highest BCUT2D eigenvalue weighted by Gasteiger charge is 2.58. The summed E-state index contributed by atoms with van der Waals surface area (Å²) in [5, 5.41) is 0. The van der Waals surface area contributed by atoms with Gasteiger partial charge in [-0.3, -0.25) is 0 Å². The fourth-order valence-corrected chi connectivity index (χ4v) is 3.23. The van der Waals surface area contributed by atoms with Crippen LogP contribution in [0.1, 0.15) is 40.0 Å². The Bertz CT molecular complexity index is 211. The van der Waals surface area contributed by atoms with Gasteiger partial charge in [0.05, 0.1) is 0 Å². The Kier molecular flexibility index (Phi) is 1.47. The van der Waals surface area contributed by atoms with E-state index in [-0.39, 0.29) is 5.41 Å². The number of hydrogen-bond donors (Lipinski definition) is 0. The second-order valence-electron chi connectivity index (χ2n) is 5.53. The van der Waals surface area contributed by atoms with Crippen LogP contribution in [0.25, 0.3) is 0 Å². The fraction of sp³-hybridized carbons (Fsp3) is 0.909. The minimum Gasteiger partial charge on any atom is -0.303 e. The van der Waals surface area contributed by atoms with Gasteiger partial charge in [0.1, 0.15) is 6.29 Å². The smallest absolute Gasteiger partial charge is 0.123 e. The Hall–Kier alpha value is -0.330. The Morgan fingerprint density at radius 3 is 2.25 bits per heavy atom. The number of carbonyl (C=O) groups excluding carboxylic acids is 1. The first-order valence-electron chi connectivity index (χ1n) is 4.95. The average Bonchev–Trinajstić information content (AvgIpc) is 1.92. The molecule has 3 fully saturated rings. The molecule has 3 saturated carbocycles. The first-order valence-corrected chi connectivity index (χ1v) is 4.95. The molecule has 3 aliphatic carbocycles. The van der Waals surface area contributed by atoms with Crippen LogP contribution in [0.15, 0.2) is 0 Å². The second-order valence-corrected chi connectivity index (χ2v) is 5.53. The maximum absolute atomic E-state index is 10.9. The standard InChI is InChI=1S/C11H18O/c1-10(2)9(7-12)4-8-5-11(10,3)6-8/h7-9H,4-6H2,1-3H3. The van der Waals surface area contributed by atoms with Gasteiger partial charge < -0.3 is 4.79 Å². The Labute approximate surface area is 74.5 Å². The molecule has 0 aliphatic heterocycles. The van der Waals surface area contributed by atoms with E-state index in [9.17, 15) is 4.79 Å². The van der Waals surface area contributed by atoms with E-state index in [1.165, 1.54) is 19.1 Å². The number of rotatable bonds is 1. The molecule has 0 aromatic carbocycles. The molecule has 0 spiro atoms. The van der Waals surface area contributed by atoms with E-state index in [2.05, 4.69) is 20.8 Å². The van der Waals surface area contributed by atoms with Crippen molar-refractivity contribution in [2.45, 2.75) is 40.0 Å². The lowest BCUT2D eigenvalue weighted by atomic mass is 9.41. The van der Waals surface area contributed by atoms with Crippen LogP contribution < -0.4 is 0 Å². The molecule has 0 saturated heterocycles. The molecule has 0 heterocycles. The van der Waals surface area contributed by atoms with Crippen LogP contribution in [0.2, 0.25) is 0 Å². The van der Waals surface area contributed by atoms with E-state index >= 15 is 0 Å². The second kappa shape index (κ2) is 2.12. The predicted molar refractivity (Wildman–Crippen MR) is 48.8 cm³/mol. The monoisotopic (exact) mass is 166 g/mol. The zero-order valence-electron chi connectivity index (χ0n) is 8.26. The van der Waals surface area contributed by atoms with E-state index in [0.717, 1.165) is 12.3 Å². The summed E-state index contributed by atoms with van der Waals surface area (Å²) in [7, 11) is 0. The summed E-state index contributed by atoms with van der Waals surface area (Å²) in [4.78, 5) is 10.9. The molecule has 1 heteroatoms. The van der Waals surface area contributed by atoms with Crippen molar-refractivity contribution < 1.29 is 4.79 Å². The molecule has 1 unspecified atom stereocenters. The lowest BCUT2D eigenvalue weighted by molar-refractivity contribution is -0.153. The molecule has 1 atom stereocenters. The van der Waals surface area contributed by atoms with Crippen LogP contribution in [0.3, 0.4) is 0 Å². The molecule has 1 nitrogen and oxygen atoms in total. The molecule has 0 aromatic rings. The van der Waals surface area contributed by atoms with Gasteiger partial charge in [-0.2, -0.15) is 0 Å². The first-order chi connectivity index (χ1) is 5.49. The molecule has 0 radical (unpaired) electrons. The summed E-state index contributed by atoms with van der Waals surface area (Å²) in [5.41, 5.74) is 0.699. The minimum atomic E-state index is 0.240. The molecule has 3 aliphatic rings. The molecular formula is C11H18O. The number of carbonyl (C=O) groups is 1. The van der Waals surface area contributed by atoms with Crippen molar-refractivity contribution in [2.75, 3.05) is 0 Å². The third kappa shape index (κ3) is 0.773. The minimum absolute atomic E-state index is 0.240. The first kappa shape index (κ1) is 8.28. The van der Waals surface area contributed by atoms with Gasteiger partial charge in [-0.15, -0.1) is 0 Å². The summed E-state index contributed by atoms with van der Waals surface area (Å²) < 4.78 is 0. The van der Waals surface area contributed by atoms with Gasteiger partial charge in [-0.05, 0) is 36.0 Å². The summed E-state index contributed by atoms with van der Waals surface area (Å²) in [6.45, 7) is 6.88. The molecule has 12 heavy (non-hydrogen) atoms. The highest BCUT2D eigenvalue weighted by atomic mass is 16.1. The third-order valence-corrected chi connectivity index (χ3v) is 4.71. The van der Waals surface area contributed by atoms with E-state index in [1.807, 2.05) is 0 Å². The third-order valence-electron chi connectivity index (χ3n) is 4.71. The summed E-state index contributed by atoms with van der Waals surface area (Å²) >= 11 is 0. The van der Waals surface area contributed by atoms with Gasteiger partial charge in [0, 0.05) is 5.92 Å². The van der Waals surface area contributed by atoms with Crippen LogP contribution in [-0.2, 0) is 4.79 Å². The molecular weight excluding hydrogens is 148 g/mol. The van der Waals surface area contributed by atoms with E-state index in [0.29, 0.717) is 11.3 Å². The topological polar surface area (TPSA) is 17.1 Å². The van der Waals surface area contributed by atoms with Crippen molar-refractivity contribution in [1.29, 1.82) is 0 Å². The quantitative estimate of drug-likeness (QED) is 0.547. The van der Waals surface area contributed by atoms with Gasteiger partial charge >= 0.3 is 0 Å². The van der Waals surface area contributed by atoms with Gasteiger partial charge in [0.15, 0.2) is 0 Å². The van der Waals surface area contributed by atoms with Gasteiger partial charge in [0.25, 0.3) is 0 Å². The van der Waals surface area contributed by atoms with Crippen molar-refractivity contribution >= 4 is 6.29 Å². The molecule has 68 valence electrons.